The van der Waals surface area contributed by atoms with Gasteiger partial charge in [0, 0.05) is 33.5 Å². The van der Waals surface area contributed by atoms with Crippen LogP contribution < -0.4 is 9.80 Å². The van der Waals surface area contributed by atoms with Crippen molar-refractivity contribution >= 4 is 132 Å². The molecule has 0 aliphatic heterocycles. The van der Waals surface area contributed by atoms with Crippen molar-refractivity contribution in [2.75, 3.05) is 9.80 Å². The van der Waals surface area contributed by atoms with Gasteiger partial charge in [-0.05, 0) is 154 Å². The number of hydrogen-bond donors (Lipinski definition) is 0. The first-order chi connectivity index (χ1) is 34.2. The third-order valence-corrected chi connectivity index (χ3v) is 14.5. The van der Waals surface area contributed by atoms with Crippen molar-refractivity contribution in [3.8, 4) is 0 Å². The number of para-hydroxylation sites is 2. The molecule has 322 valence electrons. The molecule has 0 aromatic heterocycles. The van der Waals surface area contributed by atoms with Gasteiger partial charge in [0.2, 0.25) is 0 Å². The molecule has 0 saturated heterocycles. The molecule has 0 amide bonds. The number of benzene rings is 14. The maximum absolute atomic E-state index is 2.42. The molecule has 0 bridgehead atoms. The number of rotatable bonds is 8. The van der Waals surface area contributed by atoms with Crippen molar-refractivity contribution in [2.45, 2.75) is 6.92 Å². The number of hydrogen-bond acceptors (Lipinski definition) is 2. The van der Waals surface area contributed by atoms with Gasteiger partial charge in [0.05, 0.1) is 11.4 Å². The fourth-order valence-corrected chi connectivity index (χ4v) is 11.6. The number of anilines is 6. The predicted molar refractivity (Wildman–Crippen MR) is 298 cm³/mol. The van der Waals surface area contributed by atoms with E-state index in [0.29, 0.717) is 0 Å². The lowest BCUT2D eigenvalue weighted by Crippen LogP contribution is -2.10. The van der Waals surface area contributed by atoms with Crippen LogP contribution in [0.15, 0.2) is 237 Å². The van der Waals surface area contributed by atoms with Crippen LogP contribution in [0.4, 0.5) is 34.1 Å². The van der Waals surface area contributed by atoms with Crippen LogP contribution in [-0.4, -0.2) is 0 Å². The minimum Gasteiger partial charge on any atom is -0.310 e. The third-order valence-electron chi connectivity index (χ3n) is 14.5. The third kappa shape index (κ3) is 6.06. The van der Waals surface area contributed by atoms with Gasteiger partial charge >= 0.3 is 0 Å². The van der Waals surface area contributed by atoms with Gasteiger partial charge in [-0.25, -0.2) is 0 Å². The number of aryl methyl sites for hydroxylation is 1. The molecular formula is C67H44N2. The van der Waals surface area contributed by atoms with Gasteiger partial charge in [0.15, 0.2) is 0 Å². The molecule has 0 heterocycles. The molecule has 0 unspecified atom stereocenters. The van der Waals surface area contributed by atoms with E-state index in [1.165, 1.54) is 103 Å². The van der Waals surface area contributed by atoms with Gasteiger partial charge in [-0.1, -0.05) is 194 Å². The van der Waals surface area contributed by atoms with Gasteiger partial charge in [0.1, 0.15) is 0 Å². The van der Waals surface area contributed by atoms with Crippen LogP contribution in [0, 0.1) is 6.92 Å². The monoisotopic (exact) mass is 876 g/mol. The zero-order valence-electron chi connectivity index (χ0n) is 38.1. The molecule has 2 nitrogen and oxygen atoms in total. The Labute approximate surface area is 400 Å². The van der Waals surface area contributed by atoms with Crippen molar-refractivity contribution in [3.05, 3.63) is 253 Å². The van der Waals surface area contributed by atoms with Crippen LogP contribution >= 0.6 is 0 Å². The smallest absolute Gasteiger partial charge is 0.0540 e. The lowest BCUT2D eigenvalue weighted by atomic mass is 9.81. The van der Waals surface area contributed by atoms with E-state index in [-0.39, 0.29) is 0 Å². The van der Waals surface area contributed by atoms with Crippen molar-refractivity contribution in [2.24, 2.45) is 0 Å². The van der Waals surface area contributed by atoms with E-state index >= 15 is 0 Å². The first kappa shape index (κ1) is 39.2. The molecule has 0 aliphatic carbocycles. The zero-order chi connectivity index (χ0) is 45.6. The minimum absolute atomic E-state index is 1.11. The summed E-state index contributed by atoms with van der Waals surface area (Å²) in [6.45, 7) is 2.15. The molecule has 2 heteroatoms. The summed E-state index contributed by atoms with van der Waals surface area (Å²) in [5.41, 5.74) is 10.4. The Morgan fingerprint density at radius 3 is 1.00 bits per heavy atom. The zero-order valence-corrected chi connectivity index (χ0v) is 38.1. The summed E-state index contributed by atoms with van der Waals surface area (Å²) < 4.78 is 0. The SMILES string of the molecule is Cc1ccc(N(c2ccccc2)c2ccc3c4cccc5c4c(c4cccc2c34)c2cccc3c4ccc(N(c6ccccc6)c6ccc(/C=C/c7ccccc7)cc6)c6cccc(c64)c5c32)cc1. The van der Waals surface area contributed by atoms with Gasteiger partial charge in [-0.15, -0.1) is 0 Å². The first-order valence-corrected chi connectivity index (χ1v) is 23.9. The Hall–Kier alpha value is -8.98. The van der Waals surface area contributed by atoms with E-state index in [0.717, 1.165) is 34.0 Å². The Kier molecular flexibility index (Phi) is 8.84. The van der Waals surface area contributed by atoms with E-state index < -0.39 is 0 Å². The first-order valence-electron chi connectivity index (χ1n) is 23.9. The van der Waals surface area contributed by atoms with Crippen LogP contribution in [0.25, 0.3) is 98.3 Å². The molecule has 0 fully saturated rings. The van der Waals surface area contributed by atoms with Crippen molar-refractivity contribution in [1.82, 2.24) is 0 Å². The molecule has 14 aromatic rings. The maximum Gasteiger partial charge on any atom is 0.0540 e. The Morgan fingerprint density at radius 1 is 0.232 bits per heavy atom. The summed E-state index contributed by atoms with van der Waals surface area (Å²) in [5, 5.41) is 20.6. The highest BCUT2D eigenvalue weighted by Gasteiger charge is 2.25. The summed E-state index contributed by atoms with van der Waals surface area (Å²) in [6.07, 6.45) is 4.37. The molecule has 0 aliphatic rings. The molecule has 0 atom stereocenters. The average Bonchev–Trinajstić information content (AvgIpc) is 3.41. The molecule has 0 N–H and O–H groups in total. The largest absolute Gasteiger partial charge is 0.310 e. The lowest BCUT2D eigenvalue weighted by molar-refractivity contribution is 1.29. The highest BCUT2D eigenvalue weighted by Crippen LogP contribution is 2.53. The molecular weight excluding hydrogens is 833 g/mol. The normalized spacial score (nSPS) is 12.1. The van der Waals surface area contributed by atoms with Gasteiger partial charge < -0.3 is 9.80 Å². The molecule has 69 heavy (non-hydrogen) atoms. The second-order valence-electron chi connectivity index (χ2n) is 18.4. The second kappa shape index (κ2) is 15.6. The van der Waals surface area contributed by atoms with Crippen LogP contribution in [-0.2, 0) is 0 Å². The van der Waals surface area contributed by atoms with Gasteiger partial charge in [0.25, 0.3) is 0 Å². The Morgan fingerprint density at radius 2 is 0.551 bits per heavy atom. The van der Waals surface area contributed by atoms with Crippen LogP contribution in [0.2, 0.25) is 0 Å². The highest BCUT2D eigenvalue weighted by atomic mass is 15.1. The molecule has 0 saturated carbocycles. The summed E-state index contributed by atoms with van der Waals surface area (Å²) in [6, 6.07) is 87.3. The highest BCUT2D eigenvalue weighted by molar-refractivity contribution is 6.48. The van der Waals surface area contributed by atoms with E-state index in [9.17, 15) is 0 Å². The summed E-state index contributed by atoms with van der Waals surface area (Å²) in [4.78, 5) is 4.84. The summed E-state index contributed by atoms with van der Waals surface area (Å²) in [5.74, 6) is 0. The number of fused-ring (bicyclic) bond motifs is 6. The molecule has 0 spiro atoms. The van der Waals surface area contributed by atoms with Gasteiger partial charge in [-0.2, -0.15) is 0 Å². The Balaban J connectivity index is 1.02. The fourth-order valence-electron chi connectivity index (χ4n) is 11.6. The Bertz CT molecular complexity index is 4270. The average molecular weight is 877 g/mol. The summed E-state index contributed by atoms with van der Waals surface area (Å²) >= 11 is 0. The van der Waals surface area contributed by atoms with E-state index in [4.69, 9.17) is 0 Å². The second-order valence-corrected chi connectivity index (χ2v) is 18.4. The van der Waals surface area contributed by atoms with Crippen molar-refractivity contribution in [3.63, 3.8) is 0 Å². The van der Waals surface area contributed by atoms with Crippen molar-refractivity contribution in [1.29, 1.82) is 0 Å². The lowest BCUT2D eigenvalue weighted by Gasteiger charge is -2.29. The molecule has 0 radical (unpaired) electrons. The van der Waals surface area contributed by atoms with E-state index in [1.54, 1.807) is 0 Å². The topological polar surface area (TPSA) is 6.48 Å². The van der Waals surface area contributed by atoms with Crippen LogP contribution in [0.1, 0.15) is 16.7 Å². The standard InChI is InChI=1S/C67H44N2/c1-43-29-35-48(36-30-43)68(46-17-7-3-8-18-46)60-41-39-52-50-21-11-28-59-64(50)66(56-25-13-23-54(60)62(52)56)58-27-12-22-51-53-40-42-61(55-24-14-26-57(63(53)55)67(59)65(51)58)69(47-19-9-4-10-20-47)49-37-33-45(34-38-49)32-31-44-15-5-2-6-16-44/h2-42H,1H3/b32-31+. The summed E-state index contributed by atoms with van der Waals surface area (Å²) in [7, 11) is 0. The van der Waals surface area contributed by atoms with E-state index in [2.05, 4.69) is 265 Å². The maximum atomic E-state index is 2.42. The molecule has 14 rings (SSSR count). The van der Waals surface area contributed by atoms with E-state index in [1.807, 2.05) is 0 Å². The van der Waals surface area contributed by atoms with Crippen molar-refractivity contribution < 1.29 is 0 Å². The number of nitrogens with zero attached hydrogens (tertiary/aromatic N) is 2. The van der Waals surface area contributed by atoms with Crippen LogP contribution in [0.5, 0.6) is 0 Å². The predicted octanol–water partition coefficient (Wildman–Crippen LogP) is 19.2. The van der Waals surface area contributed by atoms with Gasteiger partial charge in [-0.3, -0.25) is 0 Å². The minimum atomic E-state index is 1.11. The quantitative estimate of drug-likeness (QED) is 0.0852. The molecule has 14 aromatic carbocycles. The van der Waals surface area contributed by atoms with Crippen LogP contribution in [0.3, 0.4) is 0 Å². The fraction of sp³-hybridized carbons (Fsp3) is 0.0149.